The second-order valence-corrected chi connectivity index (χ2v) is 5.91. The van der Waals surface area contributed by atoms with Gasteiger partial charge in [-0.1, -0.05) is 50.5 Å². The van der Waals surface area contributed by atoms with Gasteiger partial charge in [0.2, 0.25) is 0 Å². The molecule has 1 nitrogen and oxygen atoms in total. The molecule has 2 atom stereocenters. The van der Waals surface area contributed by atoms with Crippen molar-refractivity contribution in [1.29, 1.82) is 0 Å². The largest absolute Gasteiger partial charge is 0.296 e. The summed E-state index contributed by atoms with van der Waals surface area (Å²) < 4.78 is 0. The minimum Gasteiger partial charge on any atom is -0.296 e. The Morgan fingerprint density at radius 3 is 2.10 bits per heavy atom. The fourth-order valence-corrected chi connectivity index (χ4v) is 2.85. The monoisotopic (exact) mass is 289 g/mol. The van der Waals surface area contributed by atoms with Crippen molar-refractivity contribution >= 4 is 0 Å². The van der Waals surface area contributed by atoms with Gasteiger partial charge in [0, 0.05) is 19.6 Å². The summed E-state index contributed by atoms with van der Waals surface area (Å²) in [4.78, 5) is 2.40. The molecule has 0 aromatic carbocycles. The van der Waals surface area contributed by atoms with E-state index in [2.05, 4.69) is 50.3 Å². The van der Waals surface area contributed by atoms with Gasteiger partial charge in [0.05, 0.1) is 0 Å². The van der Waals surface area contributed by atoms with Crippen LogP contribution in [0.4, 0.5) is 0 Å². The molecule has 0 saturated carbocycles. The van der Waals surface area contributed by atoms with Crippen LogP contribution in [0.1, 0.15) is 45.4 Å². The van der Waals surface area contributed by atoms with Crippen LogP contribution in [0.5, 0.6) is 0 Å². The van der Waals surface area contributed by atoms with Crippen molar-refractivity contribution in [2.75, 3.05) is 19.6 Å². The molecule has 0 bridgehead atoms. The highest BCUT2D eigenvalue weighted by Crippen LogP contribution is 2.23. The van der Waals surface area contributed by atoms with Gasteiger partial charge >= 0.3 is 0 Å². The Labute approximate surface area is 133 Å². The average Bonchev–Trinajstić information content (AvgIpc) is 2.47. The molecule has 0 aliphatic carbocycles. The fourth-order valence-electron chi connectivity index (χ4n) is 2.85. The van der Waals surface area contributed by atoms with Crippen LogP contribution < -0.4 is 0 Å². The molecule has 2 unspecified atom stereocenters. The number of hydrogen-bond donors (Lipinski definition) is 0. The summed E-state index contributed by atoms with van der Waals surface area (Å²) in [6.07, 6.45) is 15.6. The summed E-state index contributed by atoms with van der Waals surface area (Å²) in [6.45, 7) is 20.8. The van der Waals surface area contributed by atoms with Crippen molar-refractivity contribution in [2.45, 2.75) is 45.4 Å². The number of unbranched alkanes of at least 4 members (excludes halogenated alkanes) is 2. The van der Waals surface area contributed by atoms with Gasteiger partial charge in [0.25, 0.3) is 0 Å². The first-order chi connectivity index (χ1) is 10.2. The third kappa shape index (κ3) is 10.3. The Bertz CT molecular complexity index is 282. The van der Waals surface area contributed by atoms with Gasteiger partial charge in [-0.2, -0.15) is 0 Å². The summed E-state index contributed by atoms with van der Waals surface area (Å²) >= 11 is 0. The number of rotatable bonds is 15. The van der Waals surface area contributed by atoms with Gasteiger partial charge in [-0.05, 0) is 31.1 Å². The van der Waals surface area contributed by atoms with E-state index in [1.54, 1.807) is 0 Å². The normalized spacial score (nSPS) is 13.6. The molecule has 21 heavy (non-hydrogen) atoms. The van der Waals surface area contributed by atoms with E-state index in [1.165, 1.54) is 32.1 Å². The maximum Gasteiger partial charge on any atom is 0.0164 e. The van der Waals surface area contributed by atoms with Crippen molar-refractivity contribution in [3.63, 3.8) is 0 Å². The first-order valence-corrected chi connectivity index (χ1v) is 8.39. The molecular formula is C20H35N. The molecule has 0 N–H and O–H groups in total. The van der Waals surface area contributed by atoms with Gasteiger partial charge in [0.15, 0.2) is 0 Å². The minimum atomic E-state index is 0.635. The zero-order valence-corrected chi connectivity index (χ0v) is 14.1. The van der Waals surface area contributed by atoms with Gasteiger partial charge in [-0.3, -0.25) is 4.90 Å². The molecule has 0 spiro atoms. The molecule has 0 aromatic heterocycles. The Morgan fingerprint density at radius 1 is 0.952 bits per heavy atom. The van der Waals surface area contributed by atoms with E-state index in [-0.39, 0.29) is 0 Å². The van der Waals surface area contributed by atoms with E-state index in [9.17, 15) is 0 Å². The predicted molar refractivity (Wildman–Crippen MR) is 97.6 cm³/mol. The average molecular weight is 290 g/mol. The molecular weight excluding hydrogens is 254 g/mol. The standard InChI is InChI=1S/C20H35N/c1-6-11-12-14-19(10-5)17-20(13-7-2)18-21(15-8-3)16-9-4/h7-10,19-20H,2-6,11-18H2,1H3. The van der Waals surface area contributed by atoms with Gasteiger partial charge in [-0.15, -0.1) is 26.3 Å². The molecule has 0 amide bonds. The van der Waals surface area contributed by atoms with Crippen molar-refractivity contribution in [3.8, 4) is 0 Å². The van der Waals surface area contributed by atoms with Crippen LogP contribution in [0.25, 0.3) is 0 Å². The lowest BCUT2D eigenvalue weighted by Gasteiger charge is -2.27. The van der Waals surface area contributed by atoms with E-state index in [0.717, 1.165) is 26.1 Å². The summed E-state index contributed by atoms with van der Waals surface area (Å²) in [5.41, 5.74) is 0. The highest BCUT2D eigenvalue weighted by molar-refractivity contribution is 4.87. The molecule has 0 radical (unpaired) electrons. The van der Waals surface area contributed by atoms with Crippen molar-refractivity contribution in [3.05, 3.63) is 50.6 Å². The van der Waals surface area contributed by atoms with Crippen LogP contribution in [-0.2, 0) is 0 Å². The lowest BCUT2D eigenvalue weighted by atomic mass is 9.88. The minimum absolute atomic E-state index is 0.635. The van der Waals surface area contributed by atoms with E-state index in [1.807, 2.05) is 12.2 Å². The Morgan fingerprint density at radius 2 is 1.62 bits per heavy atom. The molecule has 0 aromatic rings. The van der Waals surface area contributed by atoms with E-state index in [0.29, 0.717) is 11.8 Å². The van der Waals surface area contributed by atoms with Gasteiger partial charge in [0.1, 0.15) is 0 Å². The van der Waals surface area contributed by atoms with Crippen LogP contribution in [-0.4, -0.2) is 24.5 Å². The second kappa shape index (κ2) is 13.9. The number of allylic oxidation sites excluding steroid dienone is 2. The van der Waals surface area contributed by atoms with Crippen LogP contribution in [0.2, 0.25) is 0 Å². The van der Waals surface area contributed by atoms with Gasteiger partial charge in [-0.25, -0.2) is 0 Å². The number of hydrogen-bond acceptors (Lipinski definition) is 1. The molecule has 0 aliphatic heterocycles. The molecule has 0 fully saturated rings. The van der Waals surface area contributed by atoms with Crippen molar-refractivity contribution in [2.24, 2.45) is 11.8 Å². The van der Waals surface area contributed by atoms with E-state index in [4.69, 9.17) is 0 Å². The second-order valence-electron chi connectivity index (χ2n) is 5.91. The Hall–Kier alpha value is -1.08. The van der Waals surface area contributed by atoms with Crippen LogP contribution in [0, 0.1) is 11.8 Å². The quantitative estimate of drug-likeness (QED) is 0.279. The third-order valence-corrected chi connectivity index (χ3v) is 3.94. The molecule has 120 valence electrons. The summed E-state index contributed by atoms with van der Waals surface area (Å²) in [5, 5.41) is 0. The van der Waals surface area contributed by atoms with Crippen LogP contribution in [0.3, 0.4) is 0 Å². The molecule has 0 saturated heterocycles. The van der Waals surface area contributed by atoms with E-state index < -0.39 is 0 Å². The lowest BCUT2D eigenvalue weighted by molar-refractivity contribution is 0.250. The van der Waals surface area contributed by atoms with Gasteiger partial charge < -0.3 is 0 Å². The maximum absolute atomic E-state index is 4.03. The maximum atomic E-state index is 4.03. The summed E-state index contributed by atoms with van der Waals surface area (Å²) in [5.74, 6) is 1.28. The predicted octanol–water partition coefficient (Wildman–Crippen LogP) is 5.63. The highest BCUT2D eigenvalue weighted by Gasteiger charge is 2.16. The molecule has 0 rings (SSSR count). The fraction of sp³-hybridized carbons (Fsp3) is 0.600. The van der Waals surface area contributed by atoms with Crippen LogP contribution in [0.15, 0.2) is 50.6 Å². The SMILES string of the molecule is C=CCC(CC(C=C)CCCCC)CN(CC=C)CC=C. The highest BCUT2D eigenvalue weighted by atomic mass is 15.1. The first-order valence-electron chi connectivity index (χ1n) is 8.39. The first kappa shape index (κ1) is 19.9. The topological polar surface area (TPSA) is 3.24 Å². The zero-order valence-electron chi connectivity index (χ0n) is 14.1. The molecule has 0 heterocycles. The van der Waals surface area contributed by atoms with Crippen molar-refractivity contribution in [1.82, 2.24) is 4.90 Å². The smallest absolute Gasteiger partial charge is 0.0164 e. The van der Waals surface area contributed by atoms with E-state index >= 15 is 0 Å². The van der Waals surface area contributed by atoms with Crippen molar-refractivity contribution < 1.29 is 0 Å². The Kier molecular flexibility index (Phi) is 13.2. The number of nitrogens with zero attached hydrogens (tertiary/aromatic N) is 1. The lowest BCUT2D eigenvalue weighted by Crippen LogP contribution is -2.30. The molecule has 1 heteroatoms. The van der Waals surface area contributed by atoms with Crippen LogP contribution >= 0.6 is 0 Å². The Balaban J connectivity index is 4.47. The molecule has 0 aliphatic rings. The zero-order chi connectivity index (χ0) is 15.9. The third-order valence-electron chi connectivity index (χ3n) is 3.94. The summed E-state index contributed by atoms with van der Waals surface area (Å²) in [6, 6.07) is 0. The summed E-state index contributed by atoms with van der Waals surface area (Å²) in [7, 11) is 0.